The lowest BCUT2D eigenvalue weighted by atomic mass is 10.1. The number of primary sulfonamides is 1. The van der Waals surface area contributed by atoms with Gasteiger partial charge in [-0.3, -0.25) is 0 Å². The number of nitrogens with zero attached hydrogens (tertiary/aromatic N) is 5. The van der Waals surface area contributed by atoms with Crippen LogP contribution in [0.1, 0.15) is 18.9 Å². The normalized spacial score (nSPS) is 11.8. The Morgan fingerprint density at radius 1 is 1.10 bits per heavy atom. The van der Waals surface area contributed by atoms with Crippen LogP contribution in [0.25, 0.3) is 33.8 Å². The van der Waals surface area contributed by atoms with Gasteiger partial charge in [-0.2, -0.15) is 0 Å². The van der Waals surface area contributed by atoms with Gasteiger partial charge in [0.15, 0.2) is 23.1 Å². The highest BCUT2D eigenvalue weighted by atomic mass is 35.5. The summed E-state index contributed by atoms with van der Waals surface area (Å²) in [4.78, 5) is 9.64. The molecule has 0 atom stereocenters. The summed E-state index contributed by atoms with van der Waals surface area (Å²) in [5, 5.41) is 16.8. The second-order valence-corrected chi connectivity index (χ2v) is 11.2. The van der Waals surface area contributed by atoms with Crippen LogP contribution in [-0.2, 0) is 23.0 Å². The Morgan fingerprint density at radius 2 is 1.90 bits per heavy atom. The lowest BCUT2D eigenvalue weighted by molar-refractivity contribution is 0.309. The van der Waals surface area contributed by atoms with E-state index in [4.69, 9.17) is 36.8 Å². The number of aromatic nitrogens is 5. The van der Waals surface area contributed by atoms with E-state index in [2.05, 4.69) is 20.6 Å². The van der Waals surface area contributed by atoms with Crippen molar-refractivity contribution in [1.29, 1.82) is 0 Å². The van der Waals surface area contributed by atoms with E-state index in [1.54, 1.807) is 24.4 Å². The van der Waals surface area contributed by atoms with Crippen molar-refractivity contribution in [3.05, 3.63) is 65.3 Å². The molecule has 0 spiro atoms. The quantitative estimate of drug-likeness (QED) is 0.180. The van der Waals surface area contributed by atoms with Gasteiger partial charge in [-0.1, -0.05) is 35.9 Å². The minimum Gasteiger partial charge on any atom is -0.490 e. The third-order valence-corrected chi connectivity index (χ3v) is 7.64. The average molecular weight is 597 g/mol. The van der Waals surface area contributed by atoms with Gasteiger partial charge >= 0.3 is 0 Å². The van der Waals surface area contributed by atoms with E-state index in [0.29, 0.717) is 46.7 Å². The molecule has 2 aromatic carbocycles. The van der Waals surface area contributed by atoms with E-state index in [9.17, 15) is 8.42 Å². The highest BCUT2D eigenvalue weighted by Gasteiger charge is 2.24. The number of hydrogen-bond acceptors (Lipinski definition) is 10. The Bertz CT molecular complexity index is 1770. The summed E-state index contributed by atoms with van der Waals surface area (Å²) in [6.07, 6.45) is 3.19. The molecule has 0 bridgehead atoms. The van der Waals surface area contributed by atoms with Crippen LogP contribution in [0.5, 0.6) is 5.75 Å². The largest absolute Gasteiger partial charge is 0.490 e. The van der Waals surface area contributed by atoms with Crippen molar-refractivity contribution in [2.45, 2.75) is 31.2 Å². The summed E-state index contributed by atoms with van der Waals surface area (Å²) in [6.45, 7) is 4.46. The molecule has 0 saturated carbocycles. The van der Waals surface area contributed by atoms with Gasteiger partial charge in [0.25, 0.3) is 0 Å². The molecule has 0 radical (unpaired) electrons. The van der Waals surface area contributed by atoms with Crippen molar-refractivity contribution in [3.63, 3.8) is 0 Å². The van der Waals surface area contributed by atoms with Crippen molar-refractivity contribution in [2.24, 2.45) is 5.14 Å². The Balaban J connectivity index is 1.29. The number of pyridine rings is 1. The molecule has 12 nitrogen and oxygen atoms in total. The van der Waals surface area contributed by atoms with Crippen molar-refractivity contribution < 1.29 is 17.8 Å². The highest BCUT2D eigenvalue weighted by molar-refractivity contribution is 7.89. The maximum atomic E-state index is 11.4. The summed E-state index contributed by atoms with van der Waals surface area (Å²) >= 11 is 6.26. The molecule has 214 valence electrons. The van der Waals surface area contributed by atoms with Crippen molar-refractivity contribution in [2.75, 3.05) is 25.4 Å². The summed E-state index contributed by atoms with van der Waals surface area (Å²) in [7, 11) is -3.69. The number of anilines is 1. The number of halogens is 1. The van der Waals surface area contributed by atoms with Crippen molar-refractivity contribution in [1.82, 2.24) is 30.2 Å². The number of hydrogen-bond donors (Lipinski definition) is 3. The predicted molar refractivity (Wildman–Crippen MR) is 156 cm³/mol. The Kier molecular flexibility index (Phi) is 8.49. The fourth-order valence-corrected chi connectivity index (χ4v) is 5.19. The molecule has 0 aliphatic heterocycles. The molecule has 3 heterocycles. The van der Waals surface area contributed by atoms with Crippen LogP contribution in [0, 0.1) is 0 Å². The molecule has 5 rings (SSSR count). The number of fused-ring (bicyclic) bond motifs is 1. The highest BCUT2D eigenvalue weighted by Crippen LogP contribution is 2.37. The number of rotatable bonds is 12. The van der Waals surface area contributed by atoms with Gasteiger partial charge in [0.05, 0.1) is 23.4 Å². The minimum atomic E-state index is -3.69. The van der Waals surface area contributed by atoms with Crippen LogP contribution in [0.2, 0.25) is 5.02 Å². The van der Waals surface area contributed by atoms with E-state index < -0.39 is 10.0 Å². The molecule has 0 amide bonds. The zero-order chi connectivity index (χ0) is 29.0. The summed E-state index contributed by atoms with van der Waals surface area (Å²) in [5.41, 5.74) is 10.2. The number of nitrogens with two attached hydrogens (primary N) is 2. The second kappa shape index (κ2) is 12.2. The van der Waals surface area contributed by atoms with E-state index >= 15 is 0 Å². The Hall–Kier alpha value is -4.04. The van der Waals surface area contributed by atoms with Crippen molar-refractivity contribution >= 4 is 38.5 Å². The van der Waals surface area contributed by atoms with E-state index in [0.717, 1.165) is 42.6 Å². The molecule has 41 heavy (non-hydrogen) atoms. The lowest BCUT2D eigenvalue weighted by Gasteiger charge is -2.12. The first-order valence-corrected chi connectivity index (χ1v) is 14.9. The average Bonchev–Trinajstić information content (AvgIpc) is 3.55. The zero-order valence-electron chi connectivity index (χ0n) is 22.2. The van der Waals surface area contributed by atoms with Crippen LogP contribution in [-0.4, -0.2) is 53.0 Å². The number of imidazole rings is 1. The van der Waals surface area contributed by atoms with Gasteiger partial charge in [0.2, 0.25) is 10.0 Å². The second-order valence-electron chi connectivity index (χ2n) is 9.25. The van der Waals surface area contributed by atoms with Gasteiger partial charge in [0, 0.05) is 17.1 Å². The first-order valence-electron chi connectivity index (χ1n) is 12.9. The van der Waals surface area contributed by atoms with E-state index in [-0.39, 0.29) is 10.7 Å². The van der Waals surface area contributed by atoms with E-state index in [1.807, 2.05) is 29.7 Å². The number of ether oxygens (including phenoxy) is 1. The van der Waals surface area contributed by atoms with E-state index in [1.165, 1.54) is 12.1 Å². The maximum absolute atomic E-state index is 11.4. The third-order valence-electron chi connectivity index (χ3n) is 6.47. The number of sulfonamides is 1. The predicted octanol–water partition coefficient (Wildman–Crippen LogP) is 3.65. The molecule has 3 aromatic heterocycles. The van der Waals surface area contributed by atoms with Crippen LogP contribution < -0.4 is 20.9 Å². The number of aryl methyl sites for hydroxylation is 1. The molecular formula is C27H29ClN8O4S. The van der Waals surface area contributed by atoms with Gasteiger partial charge in [-0.05, 0) is 73.0 Å². The molecule has 0 saturated heterocycles. The van der Waals surface area contributed by atoms with Gasteiger partial charge in [-0.25, -0.2) is 28.2 Å². The fraction of sp³-hybridized carbons (Fsp3) is 0.259. The standard InChI is InChI=1S/C27H29ClN8O4S/c1-2-36-25-21(39-14-4-12-31-13-11-17-7-9-20(10-8-17)41(30,37)38)16-32-22(18-5-3-6-19(28)15-18)23(25)33-27(36)24-26(29)35-40-34-24/h3,5-10,15-16,31H,2,4,11-14H2,1H3,(H2,29,35)(H2,30,37,38). The third kappa shape index (κ3) is 6.33. The minimum absolute atomic E-state index is 0.105. The first kappa shape index (κ1) is 28.5. The van der Waals surface area contributed by atoms with Gasteiger partial charge in [0.1, 0.15) is 11.0 Å². The van der Waals surface area contributed by atoms with Crippen LogP contribution in [0.4, 0.5) is 5.82 Å². The van der Waals surface area contributed by atoms with Crippen LogP contribution >= 0.6 is 11.6 Å². The monoisotopic (exact) mass is 596 g/mol. The molecular weight excluding hydrogens is 568 g/mol. The first-order chi connectivity index (χ1) is 19.8. The summed E-state index contributed by atoms with van der Waals surface area (Å²) < 4.78 is 35.8. The molecule has 0 unspecified atom stereocenters. The molecule has 0 aliphatic carbocycles. The summed E-state index contributed by atoms with van der Waals surface area (Å²) in [6, 6.07) is 14.0. The number of nitrogens with one attached hydrogen (secondary N) is 1. The van der Waals surface area contributed by atoms with Crippen LogP contribution in [0.15, 0.2) is 64.3 Å². The summed E-state index contributed by atoms with van der Waals surface area (Å²) in [5.74, 6) is 1.22. The smallest absolute Gasteiger partial charge is 0.238 e. The number of nitrogen functional groups attached to an aromatic ring is 1. The Morgan fingerprint density at radius 3 is 2.59 bits per heavy atom. The van der Waals surface area contributed by atoms with Gasteiger partial charge < -0.3 is 20.4 Å². The Labute approximate surface area is 241 Å². The molecule has 0 fully saturated rings. The molecule has 5 aromatic rings. The van der Waals surface area contributed by atoms with Crippen LogP contribution in [0.3, 0.4) is 0 Å². The topological polar surface area (TPSA) is 177 Å². The SMILES string of the molecule is CCn1c(-c2nonc2N)nc2c(-c3cccc(Cl)c3)ncc(OCCCNCCc3ccc(S(N)(=O)=O)cc3)c21. The molecule has 5 N–H and O–H groups in total. The van der Waals surface area contributed by atoms with Crippen molar-refractivity contribution in [3.8, 4) is 28.5 Å². The fourth-order valence-electron chi connectivity index (χ4n) is 4.49. The lowest BCUT2D eigenvalue weighted by Crippen LogP contribution is -2.20. The molecule has 14 heteroatoms. The maximum Gasteiger partial charge on any atom is 0.238 e. The number of benzene rings is 2. The molecule has 0 aliphatic rings. The zero-order valence-corrected chi connectivity index (χ0v) is 23.8. The van der Waals surface area contributed by atoms with Gasteiger partial charge in [-0.15, -0.1) is 0 Å².